The molecule has 0 heterocycles. The smallest absolute Gasteiger partial charge is 0.226 e. The Morgan fingerprint density at radius 2 is 1.65 bits per heavy atom. The van der Waals surface area contributed by atoms with Gasteiger partial charge in [-0.3, -0.25) is 4.79 Å². The quantitative estimate of drug-likeness (QED) is 0.836. The third-order valence-electron chi connectivity index (χ3n) is 6.42. The highest BCUT2D eigenvalue weighted by Crippen LogP contribution is 2.60. The minimum atomic E-state index is -0.0376. The average Bonchev–Trinajstić information content (AvgIpc) is 2.48. The molecule has 4 fully saturated rings. The first-order valence-corrected chi connectivity index (χ1v) is 9.18. The summed E-state index contributed by atoms with van der Waals surface area (Å²) in [5.74, 6) is 2.79. The van der Waals surface area contributed by atoms with Gasteiger partial charge in [0.05, 0.1) is 0 Å². The summed E-state index contributed by atoms with van der Waals surface area (Å²) in [5.41, 5.74) is 7.72. The van der Waals surface area contributed by atoms with Gasteiger partial charge >= 0.3 is 0 Å². The van der Waals surface area contributed by atoms with Crippen LogP contribution in [0.3, 0.4) is 0 Å². The molecule has 0 aliphatic heterocycles. The van der Waals surface area contributed by atoms with Gasteiger partial charge in [-0.05, 0) is 87.3 Å². The molecule has 4 saturated carbocycles. The van der Waals surface area contributed by atoms with E-state index >= 15 is 0 Å². The molecule has 4 aliphatic rings. The van der Waals surface area contributed by atoms with E-state index in [1.54, 1.807) is 0 Å². The Morgan fingerprint density at radius 3 is 2.17 bits per heavy atom. The zero-order valence-corrected chi connectivity index (χ0v) is 14.1. The normalized spacial score (nSPS) is 36.0. The highest BCUT2D eigenvalue weighted by atomic mass is 16.2. The van der Waals surface area contributed by atoms with Crippen molar-refractivity contribution in [3.05, 3.63) is 29.8 Å². The van der Waals surface area contributed by atoms with Gasteiger partial charge in [-0.25, -0.2) is 0 Å². The minimum Gasteiger partial charge on any atom is -0.399 e. The van der Waals surface area contributed by atoms with Crippen molar-refractivity contribution in [1.82, 2.24) is 5.32 Å². The van der Waals surface area contributed by atoms with Crippen molar-refractivity contribution in [3.8, 4) is 0 Å². The zero-order valence-electron chi connectivity index (χ0n) is 14.1. The van der Waals surface area contributed by atoms with Crippen molar-refractivity contribution in [2.24, 2.45) is 23.2 Å². The molecule has 0 aromatic heterocycles. The van der Waals surface area contributed by atoms with Crippen LogP contribution in [0.1, 0.15) is 51.0 Å². The summed E-state index contributed by atoms with van der Waals surface area (Å²) in [4.78, 5) is 13.0. The van der Waals surface area contributed by atoms with E-state index in [1.807, 2.05) is 12.1 Å². The van der Waals surface area contributed by atoms with Crippen LogP contribution < -0.4 is 11.1 Å². The number of carbonyl (C=O) groups is 1. The summed E-state index contributed by atoms with van der Waals surface area (Å²) in [6.07, 6.45) is 8.44. The van der Waals surface area contributed by atoms with Gasteiger partial charge in [0.2, 0.25) is 5.91 Å². The molecule has 3 N–H and O–H groups in total. The number of hydrogen-bond acceptors (Lipinski definition) is 2. The second-order valence-corrected chi connectivity index (χ2v) is 8.52. The van der Waals surface area contributed by atoms with E-state index in [9.17, 15) is 4.79 Å². The first-order chi connectivity index (χ1) is 11.0. The predicted octanol–water partition coefficient (Wildman–Crippen LogP) is 3.53. The van der Waals surface area contributed by atoms with Crippen LogP contribution in [0.5, 0.6) is 0 Å². The topological polar surface area (TPSA) is 55.1 Å². The number of rotatable bonds is 4. The number of hydrogen-bond donors (Lipinski definition) is 2. The lowest BCUT2D eigenvalue weighted by Gasteiger charge is -2.55. The van der Waals surface area contributed by atoms with E-state index in [-0.39, 0.29) is 11.5 Å². The van der Waals surface area contributed by atoms with Gasteiger partial charge in [0.15, 0.2) is 0 Å². The van der Waals surface area contributed by atoms with Crippen molar-refractivity contribution in [2.75, 3.05) is 5.73 Å². The molecular weight excluding hydrogens is 284 g/mol. The van der Waals surface area contributed by atoms with Gasteiger partial charge in [-0.15, -0.1) is 0 Å². The Kier molecular flexibility index (Phi) is 3.62. The largest absolute Gasteiger partial charge is 0.399 e. The van der Waals surface area contributed by atoms with Crippen LogP contribution in [-0.4, -0.2) is 11.9 Å². The first kappa shape index (κ1) is 15.0. The fourth-order valence-electron chi connectivity index (χ4n) is 5.82. The maximum atomic E-state index is 13.0. The summed E-state index contributed by atoms with van der Waals surface area (Å²) < 4.78 is 0. The minimum absolute atomic E-state index is 0.0376. The number of benzene rings is 1. The van der Waals surface area contributed by atoms with Gasteiger partial charge < -0.3 is 11.1 Å². The Hall–Kier alpha value is -1.51. The molecule has 4 bridgehead atoms. The average molecular weight is 312 g/mol. The van der Waals surface area contributed by atoms with Crippen LogP contribution in [0.25, 0.3) is 0 Å². The lowest BCUT2D eigenvalue weighted by molar-refractivity contribution is -0.146. The molecule has 1 atom stereocenters. The van der Waals surface area contributed by atoms with Gasteiger partial charge in [-0.2, -0.15) is 0 Å². The Morgan fingerprint density at radius 1 is 1.13 bits per heavy atom. The van der Waals surface area contributed by atoms with Crippen LogP contribution in [0.2, 0.25) is 0 Å². The SMILES string of the molecule is CC(Cc1ccc(N)cc1)NC(=O)C12CC3CC(CC(C3)C1)C2. The number of nitrogens with two attached hydrogens (primary N) is 1. The summed E-state index contributed by atoms with van der Waals surface area (Å²) >= 11 is 0. The van der Waals surface area contributed by atoms with Gasteiger partial charge in [-0.1, -0.05) is 12.1 Å². The van der Waals surface area contributed by atoms with Crippen molar-refractivity contribution in [2.45, 2.75) is 57.9 Å². The van der Waals surface area contributed by atoms with E-state index in [0.29, 0.717) is 5.91 Å². The van der Waals surface area contributed by atoms with Gasteiger partial charge in [0.1, 0.15) is 0 Å². The number of nitrogen functional groups attached to an aromatic ring is 1. The molecule has 3 nitrogen and oxygen atoms in total. The molecule has 1 aromatic carbocycles. The standard InChI is InChI=1S/C20H28N2O/c1-13(6-14-2-4-18(21)5-3-14)22-19(23)20-10-15-7-16(11-20)9-17(8-15)12-20/h2-5,13,15-17H,6-12,21H2,1H3,(H,22,23). The molecule has 4 aliphatic carbocycles. The van der Waals surface area contributed by atoms with E-state index in [2.05, 4.69) is 24.4 Å². The maximum Gasteiger partial charge on any atom is 0.226 e. The fraction of sp³-hybridized carbons (Fsp3) is 0.650. The Bertz CT molecular complexity index is 557. The molecule has 1 unspecified atom stereocenters. The molecule has 3 heteroatoms. The van der Waals surface area contributed by atoms with E-state index in [0.717, 1.165) is 49.1 Å². The lowest BCUT2D eigenvalue weighted by Crippen LogP contribution is -2.55. The van der Waals surface area contributed by atoms with Crippen LogP contribution >= 0.6 is 0 Å². The van der Waals surface area contributed by atoms with Crippen LogP contribution in [0.15, 0.2) is 24.3 Å². The Balaban J connectivity index is 1.40. The fourth-order valence-corrected chi connectivity index (χ4v) is 5.82. The molecule has 0 radical (unpaired) electrons. The van der Waals surface area contributed by atoms with E-state index in [1.165, 1.54) is 24.8 Å². The Labute approximate surface area is 139 Å². The van der Waals surface area contributed by atoms with Crippen molar-refractivity contribution in [1.29, 1.82) is 0 Å². The zero-order chi connectivity index (χ0) is 16.0. The summed E-state index contributed by atoms with van der Waals surface area (Å²) in [6.45, 7) is 2.12. The maximum absolute atomic E-state index is 13.0. The molecule has 124 valence electrons. The highest BCUT2D eigenvalue weighted by molar-refractivity contribution is 5.83. The third-order valence-corrected chi connectivity index (χ3v) is 6.42. The van der Waals surface area contributed by atoms with E-state index < -0.39 is 0 Å². The molecule has 0 saturated heterocycles. The monoisotopic (exact) mass is 312 g/mol. The number of nitrogens with one attached hydrogen (secondary N) is 1. The second-order valence-electron chi connectivity index (χ2n) is 8.52. The molecule has 23 heavy (non-hydrogen) atoms. The van der Waals surface area contributed by atoms with Crippen molar-refractivity contribution < 1.29 is 4.79 Å². The number of anilines is 1. The summed E-state index contributed by atoms with van der Waals surface area (Å²) in [6, 6.07) is 8.16. The first-order valence-electron chi connectivity index (χ1n) is 9.18. The van der Waals surface area contributed by atoms with Crippen LogP contribution in [0, 0.1) is 23.2 Å². The van der Waals surface area contributed by atoms with E-state index in [4.69, 9.17) is 5.73 Å². The number of amides is 1. The van der Waals surface area contributed by atoms with Crippen molar-refractivity contribution >= 4 is 11.6 Å². The summed E-state index contributed by atoms with van der Waals surface area (Å²) in [7, 11) is 0. The molecule has 1 amide bonds. The van der Waals surface area contributed by atoms with Crippen molar-refractivity contribution in [3.63, 3.8) is 0 Å². The van der Waals surface area contributed by atoms with Gasteiger partial charge in [0, 0.05) is 17.1 Å². The second kappa shape index (κ2) is 5.54. The van der Waals surface area contributed by atoms with Crippen LogP contribution in [-0.2, 0) is 11.2 Å². The molecular formula is C20H28N2O. The van der Waals surface area contributed by atoms with Gasteiger partial charge in [0.25, 0.3) is 0 Å². The summed E-state index contributed by atoms with van der Waals surface area (Å²) in [5, 5.41) is 3.33. The third kappa shape index (κ3) is 2.86. The molecule has 5 rings (SSSR count). The van der Waals surface area contributed by atoms with Crippen LogP contribution in [0.4, 0.5) is 5.69 Å². The lowest BCUT2D eigenvalue weighted by atomic mass is 9.49. The molecule has 0 spiro atoms. The number of carbonyl (C=O) groups excluding carboxylic acids is 1. The molecule has 1 aromatic rings. The highest BCUT2D eigenvalue weighted by Gasteiger charge is 2.54. The predicted molar refractivity (Wildman–Crippen MR) is 92.8 cm³/mol.